The lowest BCUT2D eigenvalue weighted by molar-refractivity contribution is 0.410. The highest BCUT2D eigenvalue weighted by Gasteiger charge is 2.14. The minimum atomic E-state index is -0.0355. The topological polar surface area (TPSA) is 62.8 Å². The average Bonchev–Trinajstić information content (AvgIpc) is 2.90. The van der Waals surface area contributed by atoms with E-state index in [1.54, 1.807) is 13.2 Å². The number of hydrogen-bond acceptors (Lipinski definition) is 4. The fraction of sp³-hybridized carbons (Fsp3) is 0.111. The van der Waals surface area contributed by atoms with Crippen LogP contribution in [0.4, 0.5) is 0 Å². The number of phenolic OH excluding ortho intramolecular Hbond substituents is 2. The van der Waals surface area contributed by atoms with Gasteiger partial charge in [0.25, 0.3) is 0 Å². The number of methoxy groups -OCH3 is 1. The monoisotopic (exact) mass is 296 g/mol. The number of ether oxygens (including phenoxy) is 1. The molecule has 0 aliphatic rings. The second-order valence-electron chi connectivity index (χ2n) is 4.95. The van der Waals surface area contributed by atoms with E-state index in [0.717, 1.165) is 10.9 Å². The maximum Gasteiger partial charge on any atom is 0.176 e. The van der Waals surface area contributed by atoms with E-state index in [0.29, 0.717) is 22.7 Å². The molecule has 4 heteroatoms. The van der Waals surface area contributed by atoms with Crippen LogP contribution >= 0.6 is 0 Å². The summed E-state index contributed by atoms with van der Waals surface area (Å²) in [7, 11) is 1.59. The first kappa shape index (κ1) is 14.1. The summed E-state index contributed by atoms with van der Waals surface area (Å²) < 4.78 is 11.2. The summed E-state index contributed by atoms with van der Waals surface area (Å²) >= 11 is 0. The highest BCUT2D eigenvalue weighted by molar-refractivity contribution is 5.90. The van der Waals surface area contributed by atoms with Crippen LogP contribution in [0.1, 0.15) is 12.5 Å². The molecule has 0 spiro atoms. The molecule has 3 aromatic rings. The molecule has 1 aromatic heterocycles. The van der Waals surface area contributed by atoms with Crippen molar-refractivity contribution < 1.29 is 19.4 Å². The lowest BCUT2D eigenvalue weighted by Crippen LogP contribution is -1.84. The van der Waals surface area contributed by atoms with Crippen LogP contribution in [0.15, 0.2) is 46.9 Å². The van der Waals surface area contributed by atoms with Gasteiger partial charge < -0.3 is 19.4 Å². The van der Waals surface area contributed by atoms with E-state index in [-0.39, 0.29) is 11.5 Å². The number of allylic oxidation sites excluding steroid dienone is 1. The summed E-state index contributed by atoms with van der Waals surface area (Å²) in [6.45, 7) is 1.95. The minimum Gasteiger partial charge on any atom is -0.508 e. The van der Waals surface area contributed by atoms with Gasteiger partial charge in [0.05, 0.1) is 12.7 Å². The van der Waals surface area contributed by atoms with Crippen LogP contribution in [-0.4, -0.2) is 17.3 Å². The van der Waals surface area contributed by atoms with E-state index in [2.05, 4.69) is 0 Å². The van der Waals surface area contributed by atoms with E-state index in [1.165, 1.54) is 12.1 Å². The Bertz CT molecular complexity index is 859. The van der Waals surface area contributed by atoms with Crippen molar-refractivity contribution in [3.63, 3.8) is 0 Å². The highest BCUT2D eigenvalue weighted by Crippen LogP contribution is 2.38. The van der Waals surface area contributed by atoms with Gasteiger partial charge in [0, 0.05) is 11.5 Å². The molecule has 0 fully saturated rings. The molecule has 0 radical (unpaired) electrons. The average molecular weight is 296 g/mol. The Balaban J connectivity index is 2.20. The standard InChI is InChI=1S/C18H16O4/c1-3-4-11-7-12-9-16(22-18(12)17(8-11)21-2)14-6-5-13(19)10-15(14)20/h3-10,19-20H,1-2H3. The first-order valence-electron chi connectivity index (χ1n) is 6.89. The predicted molar refractivity (Wildman–Crippen MR) is 86.2 cm³/mol. The number of fused-ring (bicyclic) bond motifs is 1. The lowest BCUT2D eigenvalue weighted by Gasteiger charge is -2.03. The Morgan fingerprint density at radius 2 is 1.91 bits per heavy atom. The van der Waals surface area contributed by atoms with E-state index >= 15 is 0 Å². The molecule has 0 saturated heterocycles. The summed E-state index contributed by atoms with van der Waals surface area (Å²) in [5.74, 6) is 1.12. The number of rotatable bonds is 3. The van der Waals surface area contributed by atoms with Crippen molar-refractivity contribution in [3.05, 3.63) is 48.0 Å². The molecule has 4 nitrogen and oxygen atoms in total. The van der Waals surface area contributed by atoms with Gasteiger partial charge >= 0.3 is 0 Å². The molecule has 2 N–H and O–H groups in total. The molecule has 0 bridgehead atoms. The van der Waals surface area contributed by atoms with Crippen LogP contribution in [0.25, 0.3) is 28.4 Å². The predicted octanol–water partition coefficient (Wildman–Crippen LogP) is 4.55. The quantitative estimate of drug-likeness (QED) is 0.744. The molecule has 0 saturated carbocycles. The molecule has 0 aliphatic carbocycles. The number of phenols is 2. The molecular formula is C18H16O4. The Morgan fingerprint density at radius 1 is 1.09 bits per heavy atom. The van der Waals surface area contributed by atoms with Crippen molar-refractivity contribution in [2.24, 2.45) is 0 Å². The summed E-state index contributed by atoms with van der Waals surface area (Å²) in [5, 5.41) is 20.2. The fourth-order valence-electron chi connectivity index (χ4n) is 2.44. The van der Waals surface area contributed by atoms with Crippen LogP contribution in [0.5, 0.6) is 17.2 Å². The van der Waals surface area contributed by atoms with Crippen molar-refractivity contribution in [1.29, 1.82) is 0 Å². The largest absolute Gasteiger partial charge is 0.508 e. The van der Waals surface area contributed by atoms with Crippen LogP contribution in [-0.2, 0) is 0 Å². The van der Waals surface area contributed by atoms with Gasteiger partial charge in [0.2, 0.25) is 0 Å². The maximum absolute atomic E-state index is 9.97. The van der Waals surface area contributed by atoms with Gasteiger partial charge in [-0.05, 0) is 42.8 Å². The summed E-state index contributed by atoms with van der Waals surface area (Å²) in [6.07, 6.45) is 3.93. The van der Waals surface area contributed by atoms with E-state index in [1.807, 2.05) is 37.3 Å². The normalized spacial score (nSPS) is 11.4. The SMILES string of the molecule is CC=Cc1cc(OC)c2oc(-c3ccc(O)cc3O)cc2c1. The number of aromatic hydroxyl groups is 2. The molecule has 22 heavy (non-hydrogen) atoms. The fourth-order valence-corrected chi connectivity index (χ4v) is 2.44. The number of furan rings is 1. The zero-order valence-corrected chi connectivity index (χ0v) is 12.3. The van der Waals surface area contributed by atoms with Crippen LogP contribution in [0, 0.1) is 0 Å². The maximum atomic E-state index is 9.97. The molecule has 112 valence electrons. The van der Waals surface area contributed by atoms with E-state index in [9.17, 15) is 10.2 Å². The van der Waals surface area contributed by atoms with Crippen LogP contribution < -0.4 is 4.74 Å². The summed E-state index contributed by atoms with van der Waals surface area (Å²) in [6, 6.07) is 10.1. The zero-order chi connectivity index (χ0) is 15.7. The van der Waals surface area contributed by atoms with Gasteiger partial charge in [-0.15, -0.1) is 0 Å². The Kier molecular flexibility index (Phi) is 3.51. The summed E-state index contributed by atoms with van der Waals surface area (Å²) in [5.41, 5.74) is 2.15. The van der Waals surface area contributed by atoms with Crippen molar-refractivity contribution in [2.45, 2.75) is 6.92 Å². The second-order valence-corrected chi connectivity index (χ2v) is 4.95. The van der Waals surface area contributed by atoms with Gasteiger partial charge in [0.1, 0.15) is 17.3 Å². The van der Waals surface area contributed by atoms with Crippen molar-refractivity contribution in [1.82, 2.24) is 0 Å². The third kappa shape index (κ3) is 2.39. The van der Waals surface area contributed by atoms with E-state index < -0.39 is 0 Å². The van der Waals surface area contributed by atoms with Gasteiger partial charge in [-0.3, -0.25) is 0 Å². The first-order chi connectivity index (χ1) is 10.6. The first-order valence-corrected chi connectivity index (χ1v) is 6.89. The van der Waals surface area contributed by atoms with Crippen LogP contribution in [0.3, 0.4) is 0 Å². The zero-order valence-electron chi connectivity index (χ0n) is 12.3. The molecule has 3 rings (SSSR count). The van der Waals surface area contributed by atoms with Crippen molar-refractivity contribution in [3.8, 4) is 28.6 Å². The summed E-state index contributed by atoms with van der Waals surface area (Å²) in [4.78, 5) is 0. The van der Waals surface area contributed by atoms with Gasteiger partial charge in [0.15, 0.2) is 11.3 Å². The molecular weight excluding hydrogens is 280 g/mol. The minimum absolute atomic E-state index is 0.00492. The van der Waals surface area contributed by atoms with Gasteiger partial charge in [-0.1, -0.05) is 12.2 Å². The Hall–Kier alpha value is -2.88. The smallest absolute Gasteiger partial charge is 0.176 e. The Morgan fingerprint density at radius 3 is 2.59 bits per heavy atom. The van der Waals surface area contributed by atoms with Crippen molar-refractivity contribution in [2.75, 3.05) is 7.11 Å². The molecule has 0 atom stereocenters. The molecule has 0 unspecified atom stereocenters. The van der Waals surface area contributed by atoms with E-state index in [4.69, 9.17) is 9.15 Å². The lowest BCUT2D eigenvalue weighted by atomic mass is 10.1. The molecule has 1 heterocycles. The molecule has 0 aliphatic heterocycles. The Labute approximate surface area is 127 Å². The van der Waals surface area contributed by atoms with Gasteiger partial charge in [-0.25, -0.2) is 0 Å². The highest BCUT2D eigenvalue weighted by atomic mass is 16.5. The third-order valence-electron chi connectivity index (χ3n) is 3.43. The molecule has 2 aromatic carbocycles. The molecule has 0 amide bonds. The van der Waals surface area contributed by atoms with Crippen molar-refractivity contribution >= 4 is 17.0 Å². The second kappa shape index (κ2) is 5.48. The van der Waals surface area contributed by atoms with Gasteiger partial charge in [-0.2, -0.15) is 0 Å². The number of hydrogen-bond donors (Lipinski definition) is 2. The van der Waals surface area contributed by atoms with Crippen LogP contribution in [0.2, 0.25) is 0 Å². The third-order valence-corrected chi connectivity index (χ3v) is 3.43. The number of benzene rings is 2.